The highest BCUT2D eigenvalue weighted by molar-refractivity contribution is 7.09. The molecule has 4 aromatic rings. The first kappa shape index (κ1) is 23.9. The van der Waals surface area contributed by atoms with Gasteiger partial charge in [0.2, 0.25) is 0 Å². The average Bonchev–Trinajstić information content (AvgIpc) is 3.62. The van der Waals surface area contributed by atoms with Crippen LogP contribution in [0.4, 0.5) is 0 Å². The van der Waals surface area contributed by atoms with Crippen LogP contribution in [-0.4, -0.2) is 30.1 Å². The van der Waals surface area contributed by atoms with Crippen molar-refractivity contribution in [3.8, 4) is 0 Å². The summed E-state index contributed by atoms with van der Waals surface area (Å²) in [6, 6.07) is 12.9. The maximum absolute atomic E-state index is 13.2. The number of hydrogen-bond acceptors (Lipinski definition) is 6. The van der Waals surface area contributed by atoms with Gasteiger partial charge in [-0.05, 0) is 76.2 Å². The lowest BCUT2D eigenvalue weighted by molar-refractivity contribution is 0.124. The van der Waals surface area contributed by atoms with E-state index in [1.54, 1.807) is 11.3 Å². The molecule has 1 N–H and O–H groups in total. The highest BCUT2D eigenvalue weighted by Crippen LogP contribution is 2.35. The van der Waals surface area contributed by atoms with E-state index in [2.05, 4.69) is 86.6 Å². The van der Waals surface area contributed by atoms with Crippen LogP contribution in [-0.2, 0) is 19.5 Å². The number of H-pyrrole nitrogens is 1. The Balaban J connectivity index is 1.55. The quantitative estimate of drug-likeness (QED) is 0.328. The fraction of sp³-hybridized carbons (Fsp3) is 0.481. The maximum atomic E-state index is 13.2. The number of hydrogen-bond donors (Lipinski definition) is 1. The van der Waals surface area contributed by atoms with Gasteiger partial charge in [-0.2, -0.15) is 0 Å². The third-order valence-electron chi connectivity index (χ3n) is 7.18. The maximum Gasteiger partial charge on any atom is 0.252 e. The summed E-state index contributed by atoms with van der Waals surface area (Å²) in [6.45, 7) is 7.86. The van der Waals surface area contributed by atoms with Gasteiger partial charge in [-0.3, -0.25) is 9.69 Å². The van der Waals surface area contributed by atoms with E-state index in [0.717, 1.165) is 48.1 Å². The van der Waals surface area contributed by atoms with Crippen molar-refractivity contribution in [3.63, 3.8) is 0 Å². The zero-order valence-corrected chi connectivity index (χ0v) is 21.6. The fourth-order valence-corrected chi connectivity index (χ4v) is 6.13. The Morgan fingerprint density at radius 3 is 2.71 bits per heavy atom. The molecule has 1 atom stereocenters. The molecule has 1 fully saturated rings. The molecule has 0 saturated heterocycles. The molecular formula is C27H34N6OS. The van der Waals surface area contributed by atoms with Crippen molar-refractivity contribution in [3.05, 3.63) is 74.0 Å². The van der Waals surface area contributed by atoms with Crippen LogP contribution in [0.15, 0.2) is 46.6 Å². The van der Waals surface area contributed by atoms with Crippen molar-refractivity contribution in [1.82, 2.24) is 30.1 Å². The Labute approximate surface area is 210 Å². The van der Waals surface area contributed by atoms with Crippen molar-refractivity contribution >= 4 is 22.2 Å². The molecule has 0 radical (unpaired) electrons. The van der Waals surface area contributed by atoms with Gasteiger partial charge in [0.05, 0.1) is 12.1 Å². The zero-order valence-electron chi connectivity index (χ0n) is 20.8. The van der Waals surface area contributed by atoms with Crippen molar-refractivity contribution in [2.24, 2.45) is 5.92 Å². The van der Waals surface area contributed by atoms with Gasteiger partial charge in [0.15, 0.2) is 5.82 Å². The van der Waals surface area contributed by atoms with Crippen LogP contribution in [0.2, 0.25) is 0 Å². The largest absolute Gasteiger partial charge is 0.322 e. The molecular weight excluding hydrogens is 456 g/mol. The molecule has 8 heteroatoms. The van der Waals surface area contributed by atoms with Gasteiger partial charge in [-0.15, -0.1) is 16.4 Å². The topological polar surface area (TPSA) is 79.7 Å². The number of tetrazole rings is 1. The Morgan fingerprint density at radius 2 is 2.00 bits per heavy atom. The summed E-state index contributed by atoms with van der Waals surface area (Å²) in [5.74, 6) is 1.18. The van der Waals surface area contributed by atoms with E-state index in [1.165, 1.54) is 23.3 Å². The summed E-state index contributed by atoms with van der Waals surface area (Å²) < 4.78 is 2.07. The van der Waals surface area contributed by atoms with Gasteiger partial charge in [0.1, 0.15) is 0 Å². The second-order valence-corrected chi connectivity index (χ2v) is 11.0. The van der Waals surface area contributed by atoms with Crippen molar-refractivity contribution in [1.29, 1.82) is 0 Å². The molecule has 0 amide bonds. The van der Waals surface area contributed by atoms with Gasteiger partial charge < -0.3 is 4.98 Å². The second-order valence-electron chi connectivity index (χ2n) is 9.99. The molecule has 7 nitrogen and oxygen atoms in total. The van der Waals surface area contributed by atoms with Crippen LogP contribution in [0.3, 0.4) is 0 Å². The molecule has 0 aliphatic heterocycles. The molecule has 3 aromatic heterocycles. The van der Waals surface area contributed by atoms with Crippen molar-refractivity contribution < 1.29 is 0 Å². The molecule has 1 aliphatic rings. The Hall–Kier alpha value is -2.84. The number of rotatable bonds is 9. The third-order valence-corrected chi connectivity index (χ3v) is 8.05. The van der Waals surface area contributed by atoms with Gasteiger partial charge in [-0.1, -0.05) is 45.7 Å². The highest BCUT2D eigenvalue weighted by atomic mass is 32.1. The molecule has 1 aliphatic carbocycles. The van der Waals surface area contributed by atoms with E-state index < -0.39 is 0 Å². The first-order valence-electron chi connectivity index (χ1n) is 12.7. The molecule has 184 valence electrons. The molecule has 1 unspecified atom stereocenters. The van der Waals surface area contributed by atoms with E-state index in [-0.39, 0.29) is 17.5 Å². The van der Waals surface area contributed by atoms with Crippen LogP contribution in [0.1, 0.15) is 80.4 Å². The van der Waals surface area contributed by atoms with E-state index in [9.17, 15) is 4.79 Å². The smallest absolute Gasteiger partial charge is 0.252 e. The van der Waals surface area contributed by atoms with Crippen molar-refractivity contribution in [2.45, 2.75) is 78.0 Å². The minimum absolute atomic E-state index is 0.00947. The van der Waals surface area contributed by atoms with Gasteiger partial charge in [-0.25, -0.2) is 4.68 Å². The number of nitrogens with zero attached hydrogens (tertiary/aromatic N) is 5. The first-order chi connectivity index (χ1) is 17.0. The Kier molecular flexibility index (Phi) is 7.11. The number of aromatic nitrogens is 5. The number of aromatic amines is 1. The number of benzene rings is 1. The molecule has 1 aromatic carbocycles. The van der Waals surface area contributed by atoms with Crippen LogP contribution >= 0.6 is 11.3 Å². The molecule has 5 rings (SSSR count). The van der Waals surface area contributed by atoms with Crippen LogP contribution in [0.5, 0.6) is 0 Å². The van der Waals surface area contributed by atoms with Gasteiger partial charge in [0, 0.05) is 29.0 Å². The second kappa shape index (κ2) is 10.4. The van der Waals surface area contributed by atoms with E-state index in [0.29, 0.717) is 12.6 Å². The summed E-state index contributed by atoms with van der Waals surface area (Å²) in [7, 11) is 0. The summed E-state index contributed by atoms with van der Waals surface area (Å²) in [6.07, 6.45) is 5.66. The summed E-state index contributed by atoms with van der Waals surface area (Å²) >= 11 is 1.74. The zero-order chi connectivity index (χ0) is 24.4. The first-order valence-corrected chi connectivity index (χ1v) is 13.6. The van der Waals surface area contributed by atoms with E-state index >= 15 is 0 Å². The van der Waals surface area contributed by atoms with Gasteiger partial charge in [0.25, 0.3) is 5.56 Å². The normalized spacial score (nSPS) is 15.6. The highest BCUT2D eigenvalue weighted by Gasteiger charge is 2.32. The Morgan fingerprint density at radius 1 is 1.17 bits per heavy atom. The fourth-order valence-electron chi connectivity index (χ4n) is 5.40. The lowest BCUT2D eigenvalue weighted by Crippen LogP contribution is -2.35. The van der Waals surface area contributed by atoms with Crippen LogP contribution in [0, 0.1) is 5.92 Å². The summed E-state index contributed by atoms with van der Waals surface area (Å²) in [5, 5.41) is 16.3. The van der Waals surface area contributed by atoms with Crippen LogP contribution in [0.25, 0.3) is 10.9 Å². The molecule has 0 spiro atoms. The number of fused-ring (bicyclic) bond motifs is 1. The number of pyridine rings is 1. The minimum Gasteiger partial charge on any atom is -0.322 e. The number of aryl methyl sites for hydroxylation is 1. The number of nitrogens with one attached hydrogen (secondary N) is 1. The Bertz CT molecular complexity index is 1320. The molecule has 3 heterocycles. The third kappa shape index (κ3) is 5.09. The molecule has 0 bridgehead atoms. The standard InChI is InChI=1S/C27H34N6OS/c1-4-19-11-12-24-20(14-19)15-21(27(34)28-24)16-32(17-23-10-7-13-35-23)25(18(2)3)26-29-30-31-33(26)22-8-5-6-9-22/h7,10-15,18,22,25H,4-6,8-9,16-17H2,1-3H3,(H,28,34). The summed E-state index contributed by atoms with van der Waals surface area (Å²) in [5.41, 5.74) is 2.89. The predicted octanol–water partition coefficient (Wildman–Crippen LogP) is 5.65. The van der Waals surface area contributed by atoms with Gasteiger partial charge >= 0.3 is 0 Å². The monoisotopic (exact) mass is 490 g/mol. The van der Waals surface area contributed by atoms with Crippen molar-refractivity contribution in [2.75, 3.05) is 0 Å². The minimum atomic E-state index is -0.0316. The summed E-state index contributed by atoms with van der Waals surface area (Å²) in [4.78, 5) is 19.9. The average molecular weight is 491 g/mol. The number of thiophene rings is 1. The SMILES string of the molecule is CCc1ccc2[nH]c(=O)c(CN(Cc3cccs3)C(c3nnnn3C3CCCC3)C(C)C)cc2c1. The lowest BCUT2D eigenvalue weighted by Gasteiger charge is -2.33. The van der Waals surface area contributed by atoms with E-state index in [1.807, 2.05) is 6.07 Å². The molecule has 1 saturated carbocycles. The predicted molar refractivity (Wildman–Crippen MR) is 140 cm³/mol. The van der Waals surface area contributed by atoms with Crippen LogP contribution < -0.4 is 5.56 Å². The lowest BCUT2D eigenvalue weighted by atomic mass is 9.99. The molecule has 35 heavy (non-hydrogen) atoms. The van der Waals surface area contributed by atoms with E-state index in [4.69, 9.17) is 0 Å².